The topological polar surface area (TPSA) is 21.3 Å². The van der Waals surface area contributed by atoms with Crippen molar-refractivity contribution in [2.75, 3.05) is 19.7 Å². The van der Waals surface area contributed by atoms with Gasteiger partial charge in [0.2, 0.25) is 0 Å². The second kappa shape index (κ2) is 5.66. The molecule has 1 heterocycles. The van der Waals surface area contributed by atoms with Gasteiger partial charge in [0.05, 0.1) is 16.7 Å². The van der Waals surface area contributed by atoms with Crippen molar-refractivity contribution in [2.24, 2.45) is 11.8 Å². The summed E-state index contributed by atoms with van der Waals surface area (Å²) in [7, 11) is 0. The SMILES string of the molecule is Fc1ccc(OC[C@@H]2[C@H]3CNC[C@]32c2ccc(Cl)c(Cl)c2)cc1. The Balaban J connectivity index is 1.52. The molecular weight excluding hydrogens is 336 g/mol. The van der Waals surface area contributed by atoms with Gasteiger partial charge in [0.15, 0.2) is 0 Å². The molecule has 1 N–H and O–H groups in total. The summed E-state index contributed by atoms with van der Waals surface area (Å²) in [6, 6.07) is 12.1. The Hall–Kier alpha value is -1.29. The molecule has 0 unspecified atom stereocenters. The monoisotopic (exact) mass is 351 g/mol. The van der Waals surface area contributed by atoms with Gasteiger partial charge in [-0.1, -0.05) is 29.3 Å². The lowest BCUT2D eigenvalue weighted by Gasteiger charge is -2.17. The molecule has 0 aromatic heterocycles. The predicted octanol–water partition coefficient (Wildman–Crippen LogP) is 4.30. The second-order valence-corrected chi connectivity index (χ2v) is 7.09. The van der Waals surface area contributed by atoms with E-state index in [1.807, 2.05) is 12.1 Å². The van der Waals surface area contributed by atoms with Gasteiger partial charge in [-0.3, -0.25) is 0 Å². The smallest absolute Gasteiger partial charge is 0.123 e. The summed E-state index contributed by atoms with van der Waals surface area (Å²) in [6.45, 7) is 2.53. The number of ether oxygens (including phenoxy) is 1. The molecule has 4 rings (SSSR count). The van der Waals surface area contributed by atoms with Crippen LogP contribution in [0.25, 0.3) is 0 Å². The first-order chi connectivity index (χ1) is 11.1. The Morgan fingerprint density at radius 1 is 1.13 bits per heavy atom. The number of piperidine rings is 1. The lowest BCUT2D eigenvalue weighted by atomic mass is 9.93. The highest BCUT2D eigenvalue weighted by atomic mass is 35.5. The van der Waals surface area contributed by atoms with E-state index in [0.717, 1.165) is 13.1 Å². The van der Waals surface area contributed by atoms with Gasteiger partial charge in [0.1, 0.15) is 11.6 Å². The van der Waals surface area contributed by atoms with Gasteiger partial charge < -0.3 is 10.1 Å². The summed E-state index contributed by atoms with van der Waals surface area (Å²) in [4.78, 5) is 0. The average Bonchev–Trinajstić information content (AvgIpc) is 2.94. The molecule has 3 atom stereocenters. The van der Waals surface area contributed by atoms with Crippen LogP contribution in [0, 0.1) is 17.7 Å². The quantitative estimate of drug-likeness (QED) is 0.886. The van der Waals surface area contributed by atoms with E-state index in [9.17, 15) is 4.39 Å². The molecule has 0 amide bonds. The zero-order valence-corrected chi connectivity index (χ0v) is 13.9. The summed E-state index contributed by atoms with van der Waals surface area (Å²) < 4.78 is 18.8. The van der Waals surface area contributed by atoms with Crippen molar-refractivity contribution in [3.05, 3.63) is 63.9 Å². The number of nitrogens with one attached hydrogen (secondary N) is 1. The minimum atomic E-state index is -0.253. The van der Waals surface area contributed by atoms with E-state index in [1.165, 1.54) is 17.7 Å². The Kier molecular flexibility index (Phi) is 3.75. The third-order valence-electron chi connectivity index (χ3n) is 5.18. The van der Waals surface area contributed by atoms with E-state index in [1.54, 1.807) is 12.1 Å². The molecule has 120 valence electrons. The first kappa shape index (κ1) is 15.3. The van der Waals surface area contributed by atoms with E-state index in [-0.39, 0.29) is 11.2 Å². The minimum Gasteiger partial charge on any atom is -0.493 e. The van der Waals surface area contributed by atoms with Crippen molar-refractivity contribution < 1.29 is 9.13 Å². The molecule has 0 bridgehead atoms. The van der Waals surface area contributed by atoms with Crippen LogP contribution in [0.15, 0.2) is 42.5 Å². The lowest BCUT2D eigenvalue weighted by molar-refractivity contribution is 0.275. The van der Waals surface area contributed by atoms with E-state index < -0.39 is 0 Å². The molecule has 23 heavy (non-hydrogen) atoms. The summed E-state index contributed by atoms with van der Waals surface area (Å²) in [5.41, 5.74) is 1.29. The van der Waals surface area contributed by atoms with E-state index in [2.05, 4.69) is 11.4 Å². The first-order valence-corrected chi connectivity index (χ1v) is 8.41. The van der Waals surface area contributed by atoms with Crippen molar-refractivity contribution in [3.8, 4) is 5.75 Å². The molecule has 1 aliphatic heterocycles. The van der Waals surface area contributed by atoms with Crippen LogP contribution in [0.3, 0.4) is 0 Å². The normalized spacial score (nSPS) is 28.5. The van der Waals surface area contributed by atoms with E-state index >= 15 is 0 Å². The van der Waals surface area contributed by atoms with Crippen LogP contribution in [0.5, 0.6) is 5.75 Å². The summed E-state index contributed by atoms with van der Waals surface area (Å²) >= 11 is 12.2. The third-order valence-corrected chi connectivity index (χ3v) is 5.92. The molecule has 2 aliphatic rings. The molecule has 0 spiro atoms. The molecule has 2 aromatic carbocycles. The molecule has 2 aromatic rings. The second-order valence-electron chi connectivity index (χ2n) is 6.28. The summed E-state index contributed by atoms with van der Waals surface area (Å²) in [5, 5.41) is 4.62. The Bertz CT molecular complexity index is 736. The third kappa shape index (κ3) is 2.51. The first-order valence-electron chi connectivity index (χ1n) is 7.66. The molecule has 2 nitrogen and oxygen atoms in total. The molecule has 2 fully saturated rings. The van der Waals surface area contributed by atoms with Crippen LogP contribution in [-0.2, 0) is 5.41 Å². The standard InChI is InChI=1S/C18H16Cl2FNO/c19-16-6-1-11(7-17(16)20)18-10-22-8-14(18)15(18)9-23-13-4-2-12(21)3-5-13/h1-7,14-15,22H,8-10H2/t14-,15-,18+/m1/s1. The Labute approximate surface area is 144 Å². The summed E-state index contributed by atoms with van der Waals surface area (Å²) in [5.74, 6) is 1.43. The van der Waals surface area contributed by atoms with Crippen molar-refractivity contribution in [2.45, 2.75) is 5.41 Å². The van der Waals surface area contributed by atoms with Crippen molar-refractivity contribution >= 4 is 23.2 Å². The van der Waals surface area contributed by atoms with Crippen molar-refractivity contribution in [1.29, 1.82) is 0 Å². The van der Waals surface area contributed by atoms with E-state index in [4.69, 9.17) is 27.9 Å². The van der Waals surface area contributed by atoms with Crippen molar-refractivity contribution in [3.63, 3.8) is 0 Å². The van der Waals surface area contributed by atoms with Crippen LogP contribution in [0.2, 0.25) is 10.0 Å². The van der Waals surface area contributed by atoms with Crippen molar-refractivity contribution in [1.82, 2.24) is 5.32 Å². The molecule has 1 saturated heterocycles. The number of hydrogen-bond acceptors (Lipinski definition) is 2. The number of hydrogen-bond donors (Lipinski definition) is 1. The van der Waals surface area contributed by atoms with Crippen LogP contribution < -0.4 is 10.1 Å². The molecule has 0 radical (unpaired) electrons. The van der Waals surface area contributed by atoms with Gasteiger partial charge in [-0.05, 0) is 54.4 Å². The summed E-state index contributed by atoms with van der Waals surface area (Å²) in [6.07, 6.45) is 0. The van der Waals surface area contributed by atoms with Gasteiger partial charge in [-0.15, -0.1) is 0 Å². The fourth-order valence-corrected chi connectivity index (χ4v) is 4.22. The van der Waals surface area contributed by atoms with Crippen LogP contribution >= 0.6 is 23.2 Å². The predicted molar refractivity (Wildman–Crippen MR) is 89.9 cm³/mol. The van der Waals surface area contributed by atoms with Crippen LogP contribution in [-0.4, -0.2) is 19.7 Å². The highest BCUT2D eigenvalue weighted by Crippen LogP contribution is 2.62. The number of halogens is 3. The zero-order chi connectivity index (χ0) is 16.0. The zero-order valence-electron chi connectivity index (χ0n) is 12.4. The highest BCUT2D eigenvalue weighted by molar-refractivity contribution is 6.42. The highest BCUT2D eigenvalue weighted by Gasteiger charge is 2.67. The fourth-order valence-electron chi connectivity index (χ4n) is 3.92. The Morgan fingerprint density at radius 2 is 1.91 bits per heavy atom. The average molecular weight is 352 g/mol. The largest absolute Gasteiger partial charge is 0.493 e. The Morgan fingerprint density at radius 3 is 2.65 bits per heavy atom. The van der Waals surface area contributed by atoms with Gasteiger partial charge >= 0.3 is 0 Å². The van der Waals surface area contributed by atoms with Gasteiger partial charge in [0.25, 0.3) is 0 Å². The minimum absolute atomic E-state index is 0.0776. The number of fused-ring (bicyclic) bond motifs is 1. The number of benzene rings is 2. The fraction of sp³-hybridized carbons (Fsp3) is 0.333. The lowest BCUT2D eigenvalue weighted by Crippen LogP contribution is -2.25. The van der Waals surface area contributed by atoms with Gasteiger partial charge in [-0.25, -0.2) is 4.39 Å². The van der Waals surface area contributed by atoms with Crippen LogP contribution in [0.1, 0.15) is 5.56 Å². The maximum absolute atomic E-state index is 13.0. The maximum Gasteiger partial charge on any atom is 0.123 e. The maximum atomic E-state index is 13.0. The van der Waals surface area contributed by atoms with Gasteiger partial charge in [-0.2, -0.15) is 0 Å². The van der Waals surface area contributed by atoms with Crippen LogP contribution in [0.4, 0.5) is 4.39 Å². The molecule has 1 aliphatic carbocycles. The number of rotatable bonds is 4. The molecular formula is C18H16Cl2FNO. The molecule has 1 saturated carbocycles. The van der Waals surface area contributed by atoms with E-state index in [0.29, 0.717) is 34.2 Å². The van der Waals surface area contributed by atoms with Gasteiger partial charge in [0, 0.05) is 17.9 Å². The molecule has 5 heteroatoms.